The van der Waals surface area contributed by atoms with Gasteiger partial charge in [-0.2, -0.15) is 4.98 Å². The molecule has 0 radical (unpaired) electrons. The molecule has 1 saturated heterocycles. The van der Waals surface area contributed by atoms with Crippen LogP contribution in [0.15, 0.2) is 50.0 Å². The van der Waals surface area contributed by atoms with Gasteiger partial charge in [0.15, 0.2) is 0 Å². The van der Waals surface area contributed by atoms with Gasteiger partial charge < -0.3 is 19.5 Å². The van der Waals surface area contributed by atoms with Crippen molar-refractivity contribution in [1.82, 2.24) is 20.0 Å². The predicted molar refractivity (Wildman–Crippen MR) is 128 cm³/mol. The van der Waals surface area contributed by atoms with Crippen molar-refractivity contribution in [3.8, 4) is 11.4 Å². The Morgan fingerprint density at radius 2 is 2.06 bits per heavy atom. The van der Waals surface area contributed by atoms with Crippen molar-refractivity contribution in [2.75, 3.05) is 18.4 Å². The van der Waals surface area contributed by atoms with Crippen LogP contribution >= 0.6 is 31.9 Å². The highest BCUT2D eigenvalue weighted by Gasteiger charge is 2.33. The van der Waals surface area contributed by atoms with Crippen molar-refractivity contribution in [3.05, 3.63) is 51.4 Å². The number of hydrogen-bond donors (Lipinski definition) is 1. The molecule has 32 heavy (non-hydrogen) atoms. The summed E-state index contributed by atoms with van der Waals surface area (Å²) in [6, 6.07) is 9.62. The van der Waals surface area contributed by atoms with Crippen LogP contribution in [0, 0.1) is 0 Å². The number of aromatic nitrogens is 3. The number of nitrogens with zero attached hydrogens (tertiary/aromatic N) is 4. The third-order valence-electron chi connectivity index (χ3n) is 4.84. The SMILES string of the molecule is CC(C)(C)OC(=O)N1CC[C@@H](c2nc(-c3ccc(Nc4cc(Br)ccc4Br)nc3)no2)C1. The number of anilines is 2. The lowest BCUT2D eigenvalue weighted by Crippen LogP contribution is -2.35. The number of nitrogens with one attached hydrogen (secondary N) is 1. The molecule has 4 rings (SSSR count). The van der Waals surface area contributed by atoms with Gasteiger partial charge in [-0.3, -0.25) is 0 Å². The summed E-state index contributed by atoms with van der Waals surface area (Å²) < 4.78 is 12.8. The van der Waals surface area contributed by atoms with E-state index in [1.54, 1.807) is 11.1 Å². The summed E-state index contributed by atoms with van der Waals surface area (Å²) in [5, 5.41) is 7.38. The molecule has 8 nitrogen and oxygen atoms in total. The van der Waals surface area contributed by atoms with Gasteiger partial charge in [-0.05, 0) is 73.5 Å². The van der Waals surface area contributed by atoms with E-state index < -0.39 is 5.60 Å². The molecule has 0 spiro atoms. The molecule has 0 unspecified atom stereocenters. The van der Waals surface area contributed by atoms with Crippen molar-refractivity contribution >= 4 is 49.5 Å². The first-order valence-electron chi connectivity index (χ1n) is 10.2. The fourth-order valence-electron chi connectivity index (χ4n) is 3.30. The van der Waals surface area contributed by atoms with E-state index in [2.05, 4.69) is 52.3 Å². The lowest BCUT2D eigenvalue weighted by atomic mass is 10.1. The van der Waals surface area contributed by atoms with E-state index in [1.165, 1.54) is 0 Å². The van der Waals surface area contributed by atoms with Crippen molar-refractivity contribution in [2.45, 2.75) is 38.7 Å². The Kier molecular flexibility index (Phi) is 6.52. The summed E-state index contributed by atoms with van der Waals surface area (Å²) >= 11 is 6.99. The van der Waals surface area contributed by atoms with Crippen LogP contribution in [0.25, 0.3) is 11.4 Å². The Hall–Kier alpha value is -2.46. The van der Waals surface area contributed by atoms with E-state index in [-0.39, 0.29) is 12.0 Å². The van der Waals surface area contributed by atoms with Crippen LogP contribution < -0.4 is 5.32 Å². The quantitative estimate of drug-likeness (QED) is 0.407. The first kappa shape index (κ1) is 22.7. The van der Waals surface area contributed by atoms with E-state index in [1.807, 2.05) is 51.1 Å². The maximum Gasteiger partial charge on any atom is 0.410 e. The molecule has 3 heterocycles. The standard InChI is InChI=1S/C22H23Br2N5O3/c1-22(2,3)31-21(30)29-9-8-14(12-29)20-27-19(28-32-20)13-4-7-18(25-11-13)26-17-10-15(23)5-6-16(17)24/h4-7,10-11,14H,8-9,12H2,1-3H3,(H,25,26)/t14-/m1/s1. The summed E-state index contributed by atoms with van der Waals surface area (Å²) in [5.41, 5.74) is 1.13. The van der Waals surface area contributed by atoms with Crippen LogP contribution in [0.2, 0.25) is 0 Å². The predicted octanol–water partition coefficient (Wildman–Crippen LogP) is 6.12. The minimum atomic E-state index is -0.520. The minimum absolute atomic E-state index is 0.00783. The second-order valence-electron chi connectivity index (χ2n) is 8.55. The Labute approximate surface area is 203 Å². The zero-order valence-corrected chi connectivity index (χ0v) is 21.1. The smallest absolute Gasteiger partial charge is 0.410 e. The van der Waals surface area contributed by atoms with E-state index in [0.29, 0.717) is 30.6 Å². The monoisotopic (exact) mass is 563 g/mol. The van der Waals surface area contributed by atoms with Crippen molar-refractivity contribution in [2.24, 2.45) is 0 Å². The fourth-order valence-corrected chi connectivity index (χ4v) is 4.01. The lowest BCUT2D eigenvalue weighted by molar-refractivity contribution is 0.0291. The van der Waals surface area contributed by atoms with Gasteiger partial charge in [-0.25, -0.2) is 9.78 Å². The van der Waals surface area contributed by atoms with Crippen LogP contribution in [-0.4, -0.2) is 44.8 Å². The minimum Gasteiger partial charge on any atom is -0.444 e. The first-order chi connectivity index (χ1) is 15.2. The van der Waals surface area contributed by atoms with Crippen LogP contribution in [-0.2, 0) is 4.74 Å². The van der Waals surface area contributed by atoms with Gasteiger partial charge in [0.25, 0.3) is 0 Å². The lowest BCUT2D eigenvalue weighted by Gasteiger charge is -2.24. The molecule has 0 saturated carbocycles. The third-order valence-corrected chi connectivity index (χ3v) is 6.03. The number of carbonyl (C=O) groups excluding carboxylic acids is 1. The molecule has 1 aliphatic heterocycles. The second kappa shape index (κ2) is 9.19. The molecule has 2 aromatic heterocycles. The molecule has 1 aliphatic rings. The number of pyridine rings is 1. The zero-order valence-electron chi connectivity index (χ0n) is 17.9. The number of halogens is 2. The van der Waals surface area contributed by atoms with Gasteiger partial charge >= 0.3 is 6.09 Å². The maximum atomic E-state index is 12.3. The number of likely N-dealkylation sites (tertiary alicyclic amines) is 1. The topological polar surface area (TPSA) is 93.4 Å². The van der Waals surface area contributed by atoms with Gasteiger partial charge in [0.05, 0.1) is 11.6 Å². The molecular weight excluding hydrogens is 542 g/mol. The van der Waals surface area contributed by atoms with Crippen molar-refractivity contribution < 1.29 is 14.1 Å². The highest BCUT2D eigenvalue weighted by molar-refractivity contribution is 9.11. The highest BCUT2D eigenvalue weighted by Crippen LogP contribution is 2.30. The molecule has 1 amide bonds. The Balaban J connectivity index is 1.40. The second-order valence-corrected chi connectivity index (χ2v) is 10.3. The number of benzene rings is 1. The summed E-state index contributed by atoms with van der Waals surface area (Å²) in [6.07, 6.45) is 2.14. The number of hydrogen-bond acceptors (Lipinski definition) is 7. The van der Waals surface area contributed by atoms with Gasteiger partial charge in [0, 0.05) is 33.8 Å². The largest absolute Gasteiger partial charge is 0.444 e. The molecule has 0 aliphatic carbocycles. The van der Waals surface area contributed by atoms with Crippen LogP contribution in [0.4, 0.5) is 16.3 Å². The third kappa shape index (κ3) is 5.47. The summed E-state index contributed by atoms with van der Waals surface area (Å²) in [7, 11) is 0. The van der Waals surface area contributed by atoms with Gasteiger partial charge in [0.1, 0.15) is 11.4 Å². The molecular formula is C22H23Br2N5O3. The van der Waals surface area contributed by atoms with Crippen molar-refractivity contribution in [1.29, 1.82) is 0 Å². The average molecular weight is 565 g/mol. The van der Waals surface area contributed by atoms with E-state index in [9.17, 15) is 4.79 Å². The molecule has 168 valence electrons. The first-order valence-corrected chi connectivity index (χ1v) is 11.8. The van der Waals surface area contributed by atoms with Crippen molar-refractivity contribution in [3.63, 3.8) is 0 Å². The fraction of sp³-hybridized carbons (Fsp3) is 0.364. The average Bonchev–Trinajstić information content (AvgIpc) is 3.40. The van der Waals surface area contributed by atoms with E-state index >= 15 is 0 Å². The van der Waals surface area contributed by atoms with Crippen LogP contribution in [0.3, 0.4) is 0 Å². The summed E-state index contributed by atoms with van der Waals surface area (Å²) in [6.45, 7) is 6.67. The normalized spacial score (nSPS) is 16.3. The van der Waals surface area contributed by atoms with Gasteiger partial charge in [-0.15, -0.1) is 0 Å². The molecule has 1 aromatic carbocycles. The number of ether oxygens (including phenoxy) is 1. The van der Waals surface area contributed by atoms with Crippen LogP contribution in [0.1, 0.15) is 39.0 Å². The summed E-state index contributed by atoms with van der Waals surface area (Å²) in [5.74, 6) is 1.68. The van der Waals surface area contributed by atoms with Gasteiger partial charge in [-0.1, -0.05) is 21.1 Å². The maximum absolute atomic E-state index is 12.3. The zero-order chi connectivity index (χ0) is 22.9. The molecule has 1 atom stereocenters. The highest BCUT2D eigenvalue weighted by atomic mass is 79.9. The Bertz CT molecular complexity index is 1110. The van der Waals surface area contributed by atoms with E-state index in [4.69, 9.17) is 9.26 Å². The van der Waals surface area contributed by atoms with E-state index in [0.717, 1.165) is 26.6 Å². The molecule has 10 heteroatoms. The van der Waals surface area contributed by atoms with Gasteiger partial charge in [0.2, 0.25) is 11.7 Å². The molecule has 3 aromatic rings. The molecule has 0 bridgehead atoms. The summed E-state index contributed by atoms with van der Waals surface area (Å²) in [4.78, 5) is 23.0. The molecule has 1 fully saturated rings. The Morgan fingerprint density at radius 3 is 2.78 bits per heavy atom. The van der Waals surface area contributed by atoms with Crippen LogP contribution in [0.5, 0.6) is 0 Å². The number of carbonyl (C=O) groups is 1. The number of rotatable bonds is 4. The number of amides is 1. The molecule has 1 N–H and O–H groups in total. The Morgan fingerprint density at radius 1 is 1.25 bits per heavy atom.